The van der Waals surface area contributed by atoms with E-state index >= 15 is 0 Å². The number of ether oxygens (including phenoxy) is 1. The molecule has 0 aliphatic carbocycles. The minimum Gasteiger partial charge on any atom is -0.496 e. The molecule has 2 saturated heterocycles. The van der Waals surface area contributed by atoms with Gasteiger partial charge in [-0.25, -0.2) is 0 Å². The van der Waals surface area contributed by atoms with Crippen molar-refractivity contribution in [2.24, 2.45) is 0 Å². The van der Waals surface area contributed by atoms with Gasteiger partial charge in [-0.05, 0) is 50.4 Å². The fourth-order valence-corrected chi connectivity index (χ4v) is 3.70. The van der Waals surface area contributed by atoms with Gasteiger partial charge in [-0.15, -0.1) is 0 Å². The van der Waals surface area contributed by atoms with Crippen LogP contribution in [0.4, 0.5) is 0 Å². The molecule has 1 N–H and O–H groups in total. The normalized spacial score (nSPS) is 31.2. The standard InChI is InChI=1S/C15H20ClNO2/c1-19-14-5-4-11(16)9-13(14)15(18)6-8-17-7-2-3-12(17)10-15/h4-5,9,12,18H,2-3,6-8,10H2,1H3. The highest BCUT2D eigenvalue weighted by molar-refractivity contribution is 6.30. The summed E-state index contributed by atoms with van der Waals surface area (Å²) in [4.78, 5) is 2.49. The molecule has 2 heterocycles. The van der Waals surface area contributed by atoms with E-state index in [9.17, 15) is 5.11 Å². The summed E-state index contributed by atoms with van der Waals surface area (Å²) < 4.78 is 5.40. The van der Waals surface area contributed by atoms with Crippen molar-refractivity contribution < 1.29 is 9.84 Å². The Morgan fingerprint density at radius 1 is 1.42 bits per heavy atom. The van der Waals surface area contributed by atoms with Crippen molar-refractivity contribution in [3.63, 3.8) is 0 Å². The molecule has 4 heteroatoms. The molecule has 104 valence electrons. The van der Waals surface area contributed by atoms with E-state index in [2.05, 4.69) is 4.90 Å². The quantitative estimate of drug-likeness (QED) is 0.905. The number of hydrogen-bond donors (Lipinski definition) is 1. The van der Waals surface area contributed by atoms with Gasteiger partial charge in [-0.3, -0.25) is 0 Å². The molecule has 1 aromatic carbocycles. The topological polar surface area (TPSA) is 32.7 Å². The third-order valence-corrected chi connectivity index (χ3v) is 4.78. The summed E-state index contributed by atoms with van der Waals surface area (Å²) in [5.74, 6) is 0.735. The van der Waals surface area contributed by atoms with Crippen LogP contribution in [0.3, 0.4) is 0 Å². The van der Waals surface area contributed by atoms with E-state index in [1.165, 1.54) is 19.4 Å². The highest BCUT2D eigenvalue weighted by atomic mass is 35.5. The lowest BCUT2D eigenvalue weighted by molar-refractivity contribution is -0.0422. The maximum atomic E-state index is 11.1. The Morgan fingerprint density at radius 3 is 3.05 bits per heavy atom. The van der Waals surface area contributed by atoms with Crippen LogP contribution in [-0.2, 0) is 5.60 Å². The van der Waals surface area contributed by atoms with Crippen LogP contribution in [0.5, 0.6) is 5.75 Å². The second kappa shape index (κ2) is 4.97. The van der Waals surface area contributed by atoms with Gasteiger partial charge in [0.25, 0.3) is 0 Å². The van der Waals surface area contributed by atoms with Crippen molar-refractivity contribution in [1.82, 2.24) is 4.90 Å². The summed E-state index contributed by atoms with van der Waals surface area (Å²) >= 11 is 6.09. The van der Waals surface area contributed by atoms with Crippen molar-refractivity contribution in [3.05, 3.63) is 28.8 Å². The SMILES string of the molecule is COc1ccc(Cl)cc1C1(O)CCN2CCCC2C1. The summed E-state index contributed by atoms with van der Waals surface area (Å²) in [6.45, 7) is 2.13. The number of rotatable bonds is 2. The van der Waals surface area contributed by atoms with Crippen LogP contribution in [0.1, 0.15) is 31.2 Å². The minimum absolute atomic E-state index is 0.502. The molecule has 3 rings (SSSR count). The summed E-state index contributed by atoms with van der Waals surface area (Å²) in [6.07, 6.45) is 3.96. The van der Waals surface area contributed by atoms with Crippen LogP contribution >= 0.6 is 11.6 Å². The zero-order valence-corrected chi connectivity index (χ0v) is 12.0. The molecular weight excluding hydrogens is 262 g/mol. The number of halogens is 1. The van der Waals surface area contributed by atoms with Crippen molar-refractivity contribution in [2.75, 3.05) is 20.2 Å². The van der Waals surface area contributed by atoms with Crippen molar-refractivity contribution >= 4 is 11.6 Å². The maximum Gasteiger partial charge on any atom is 0.125 e. The molecular formula is C15H20ClNO2. The fourth-order valence-electron chi connectivity index (χ4n) is 3.53. The van der Waals surface area contributed by atoms with Crippen molar-refractivity contribution in [1.29, 1.82) is 0 Å². The van der Waals surface area contributed by atoms with Gasteiger partial charge in [0, 0.05) is 23.2 Å². The number of aliphatic hydroxyl groups is 1. The molecule has 0 spiro atoms. The van der Waals surface area contributed by atoms with Crippen LogP contribution in [-0.4, -0.2) is 36.2 Å². The van der Waals surface area contributed by atoms with Crippen LogP contribution in [0, 0.1) is 0 Å². The average Bonchev–Trinajstić information content (AvgIpc) is 2.85. The number of hydrogen-bond acceptors (Lipinski definition) is 3. The lowest BCUT2D eigenvalue weighted by Gasteiger charge is -2.41. The monoisotopic (exact) mass is 281 g/mol. The molecule has 19 heavy (non-hydrogen) atoms. The Kier molecular flexibility index (Phi) is 3.46. The zero-order chi connectivity index (χ0) is 13.5. The van der Waals surface area contributed by atoms with Gasteiger partial charge in [0.05, 0.1) is 12.7 Å². The van der Waals surface area contributed by atoms with E-state index in [-0.39, 0.29) is 0 Å². The molecule has 2 fully saturated rings. The van der Waals surface area contributed by atoms with Gasteiger partial charge in [-0.1, -0.05) is 11.6 Å². The predicted octanol–water partition coefficient (Wildman–Crippen LogP) is 2.79. The highest BCUT2D eigenvalue weighted by Gasteiger charge is 2.42. The minimum atomic E-state index is -0.804. The average molecular weight is 282 g/mol. The van der Waals surface area contributed by atoms with E-state index < -0.39 is 5.60 Å². The number of methoxy groups -OCH3 is 1. The predicted molar refractivity (Wildman–Crippen MR) is 75.7 cm³/mol. The summed E-state index contributed by atoms with van der Waals surface area (Å²) in [5.41, 5.74) is 0.0379. The van der Waals surface area contributed by atoms with Gasteiger partial charge >= 0.3 is 0 Å². The smallest absolute Gasteiger partial charge is 0.125 e. The van der Waals surface area contributed by atoms with Gasteiger partial charge in [0.15, 0.2) is 0 Å². The fraction of sp³-hybridized carbons (Fsp3) is 0.600. The Morgan fingerprint density at radius 2 is 2.26 bits per heavy atom. The Hall–Kier alpha value is -0.770. The zero-order valence-electron chi connectivity index (χ0n) is 11.2. The molecule has 3 nitrogen and oxygen atoms in total. The van der Waals surface area contributed by atoms with E-state index in [4.69, 9.17) is 16.3 Å². The van der Waals surface area contributed by atoms with Crippen LogP contribution in [0.2, 0.25) is 5.02 Å². The van der Waals surface area contributed by atoms with Crippen molar-refractivity contribution in [2.45, 2.75) is 37.3 Å². The third kappa shape index (κ3) is 2.35. The first-order chi connectivity index (χ1) is 9.12. The van der Waals surface area contributed by atoms with Crippen LogP contribution in [0.25, 0.3) is 0 Å². The molecule has 2 unspecified atom stereocenters. The largest absolute Gasteiger partial charge is 0.496 e. The van der Waals surface area contributed by atoms with Crippen molar-refractivity contribution in [3.8, 4) is 5.75 Å². The number of benzene rings is 1. The molecule has 2 aliphatic rings. The molecule has 0 radical (unpaired) electrons. The lowest BCUT2D eigenvalue weighted by atomic mass is 9.80. The third-order valence-electron chi connectivity index (χ3n) is 4.55. The van der Waals surface area contributed by atoms with Gasteiger partial charge < -0.3 is 14.7 Å². The Labute approximate surface area is 119 Å². The summed E-state index contributed by atoms with van der Waals surface area (Å²) in [5, 5.41) is 11.7. The first kappa shape index (κ1) is 13.2. The van der Waals surface area contributed by atoms with Gasteiger partial charge in [0.1, 0.15) is 5.75 Å². The number of fused-ring (bicyclic) bond motifs is 1. The van der Waals surface area contributed by atoms with Gasteiger partial charge in [-0.2, -0.15) is 0 Å². The summed E-state index contributed by atoms with van der Waals surface area (Å²) in [7, 11) is 1.64. The lowest BCUT2D eigenvalue weighted by Crippen LogP contribution is -2.46. The molecule has 0 amide bonds. The maximum absolute atomic E-state index is 11.1. The highest BCUT2D eigenvalue weighted by Crippen LogP contribution is 2.43. The van der Waals surface area contributed by atoms with E-state index in [0.717, 1.165) is 30.7 Å². The number of nitrogens with zero attached hydrogens (tertiary/aromatic N) is 1. The van der Waals surface area contributed by atoms with Crippen LogP contribution in [0.15, 0.2) is 18.2 Å². The first-order valence-electron chi connectivity index (χ1n) is 6.93. The molecule has 0 saturated carbocycles. The summed E-state index contributed by atoms with van der Waals surface area (Å²) in [6, 6.07) is 6.00. The first-order valence-corrected chi connectivity index (χ1v) is 7.31. The van der Waals surface area contributed by atoms with Gasteiger partial charge in [0.2, 0.25) is 0 Å². The van der Waals surface area contributed by atoms with E-state index in [1.807, 2.05) is 12.1 Å². The van der Waals surface area contributed by atoms with E-state index in [0.29, 0.717) is 11.1 Å². The van der Waals surface area contributed by atoms with E-state index in [1.54, 1.807) is 13.2 Å². The second-order valence-electron chi connectivity index (χ2n) is 5.66. The molecule has 0 aromatic heterocycles. The van der Waals surface area contributed by atoms with Crippen LogP contribution < -0.4 is 4.74 Å². The molecule has 1 aromatic rings. The Balaban J connectivity index is 1.93. The molecule has 0 bridgehead atoms. The molecule has 2 aliphatic heterocycles. The number of piperidine rings is 1. The molecule has 2 atom stereocenters. The Bertz CT molecular complexity index is 479. The second-order valence-corrected chi connectivity index (χ2v) is 6.10.